The Hall–Kier alpha value is -5.44. The average Bonchev–Trinajstić information content (AvgIpc) is 3.38. The Morgan fingerprint density at radius 3 is 1.93 bits per heavy atom. The topological polar surface area (TPSA) is 127 Å². The number of aromatic nitrogens is 1. The highest BCUT2D eigenvalue weighted by atomic mass is 16.6. The van der Waals surface area contributed by atoms with E-state index in [0.29, 0.717) is 19.4 Å². The van der Waals surface area contributed by atoms with Crippen LogP contribution in [-0.2, 0) is 20.9 Å². The summed E-state index contributed by atoms with van der Waals surface area (Å²) in [6.07, 6.45) is -0.188. The van der Waals surface area contributed by atoms with E-state index in [-0.39, 0.29) is 25.6 Å². The molecule has 0 saturated heterocycles. The average molecular weight is 604 g/mol. The van der Waals surface area contributed by atoms with Gasteiger partial charge in [0.15, 0.2) is 0 Å². The third-order valence-electron chi connectivity index (χ3n) is 8.17. The highest BCUT2D eigenvalue weighted by Gasteiger charge is 2.29. The van der Waals surface area contributed by atoms with Crippen molar-refractivity contribution in [2.24, 2.45) is 0 Å². The Bertz CT molecular complexity index is 1770. The number of aliphatic carboxylic acids is 1. The fourth-order valence-electron chi connectivity index (χ4n) is 5.98. The van der Waals surface area contributed by atoms with Crippen LogP contribution in [0.25, 0.3) is 32.9 Å². The van der Waals surface area contributed by atoms with Crippen LogP contribution in [0.15, 0.2) is 97.1 Å². The lowest BCUT2D eigenvalue weighted by Gasteiger charge is -2.17. The summed E-state index contributed by atoms with van der Waals surface area (Å²) in [6.45, 7) is 0.484. The van der Waals surface area contributed by atoms with Gasteiger partial charge in [-0.25, -0.2) is 19.4 Å². The van der Waals surface area contributed by atoms with E-state index in [2.05, 4.69) is 10.6 Å². The minimum Gasteiger partial charge on any atom is -0.480 e. The Kier molecular flexibility index (Phi) is 8.86. The highest BCUT2D eigenvalue weighted by molar-refractivity contribution is 5.97. The second kappa shape index (κ2) is 13.5. The van der Waals surface area contributed by atoms with Gasteiger partial charge in [-0.2, -0.15) is 0 Å². The minimum atomic E-state index is -1.15. The monoisotopic (exact) mass is 603 g/mol. The van der Waals surface area contributed by atoms with Gasteiger partial charge in [-0.05, 0) is 53.6 Å². The molecule has 9 heteroatoms. The zero-order valence-corrected chi connectivity index (χ0v) is 24.6. The molecule has 5 aromatic rings. The van der Waals surface area contributed by atoms with Gasteiger partial charge < -0.3 is 25.2 Å². The number of unbranched alkanes of at least 4 members (excludes halogenated alkanes) is 1. The molecule has 2 amide bonds. The summed E-state index contributed by atoms with van der Waals surface area (Å²) in [4.78, 5) is 41.6. The van der Waals surface area contributed by atoms with Crippen LogP contribution in [-0.4, -0.2) is 47.4 Å². The molecule has 1 aliphatic rings. The maximum absolute atomic E-state index is 12.6. The van der Waals surface area contributed by atoms with E-state index >= 15 is 0 Å². The lowest BCUT2D eigenvalue weighted by Crippen LogP contribution is -2.41. The van der Waals surface area contributed by atoms with Crippen LogP contribution in [0.3, 0.4) is 0 Å². The van der Waals surface area contributed by atoms with Crippen molar-refractivity contribution in [3.05, 3.63) is 114 Å². The van der Waals surface area contributed by atoms with Gasteiger partial charge in [0.2, 0.25) is 0 Å². The Balaban J connectivity index is 0.950. The molecule has 1 aliphatic carbocycles. The molecule has 0 fully saturated rings. The first-order chi connectivity index (χ1) is 22.0. The van der Waals surface area contributed by atoms with Gasteiger partial charge in [0.1, 0.15) is 19.3 Å². The summed E-state index contributed by atoms with van der Waals surface area (Å²) in [5.74, 6) is -1.26. The number of carboxylic acid groups (broad SMARTS) is 1. The third kappa shape index (κ3) is 6.57. The predicted octanol–water partition coefficient (Wildman–Crippen LogP) is 6.78. The van der Waals surface area contributed by atoms with Crippen molar-refractivity contribution in [2.45, 2.75) is 37.8 Å². The summed E-state index contributed by atoms with van der Waals surface area (Å²) in [5.41, 5.74) is 6.93. The van der Waals surface area contributed by atoms with E-state index in [9.17, 15) is 19.5 Å². The number of carbonyl (C=O) groups excluding carboxylic acids is 2. The van der Waals surface area contributed by atoms with E-state index < -0.39 is 24.2 Å². The summed E-state index contributed by atoms with van der Waals surface area (Å²) in [6, 6.07) is 30.4. The van der Waals surface area contributed by atoms with E-state index in [1.165, 1.54) is 0 Å². The van der Waals surface area contributed by atoms with Crippen LogP contribution >= 0.6 is 0 Å². The maximum Gasteiger partial charge on any atom is 0.407 e. The van der Waals surface area contributed by atoms with Crippen molar-refractivity contribution < 1.29 is 29.0 Å². The van der Waals surface area contributed by atoms with Gasteiger partial charge in [0, 0.05) is 28.8 Å². The van der Waals surface area contributed by atoms with Gasteiger partial charge >= 0.3 is 18.2 Å². The van der Waals surface area contributed by atoms with Crippen molar-refractivity contribution in [2.75, 3.05) is 13.2 Å². The lowest BCUT2D eigenvalue weighted by molar-refractivity contribution is -0.139. The molecular weight excluding hydrogens is 570 g/mol. The maximum atomic E-state index is 12.6. The zero-order valence-electron chi connectivity index (χ0n) is 24.6. The molecular formula is C36H33N3O6. The standard InChI is InChI=1S/C36H33N3O6/c40-34(41)33(39-36(43)45-21-29-25-13-3-1-11-23(25)24-12-2-4-14-26(24)29)19-9-10-20-37-35(42)44-22-30-27-15-5-7-17-31(27)38-32-18-8-6-16-28(30)32/h1-8,11-18,29,33H,9-10,19-22H2,(H,37,42)(H,39,43)(H,40,41)/t33-/m0/s1. The summed E-state index contributed by atoms with van der Waals surface area (Å²) >= 11 is 0. The Labute approximate surface area is 260 Å². The number of nitrogens with zero attached hydrogens (tertiary/aromatic N) is 1. The van der Waals surface area contributed by atoms with Crippen molar-refractivity contribution in [3.63, 3.8) is 0 Å². The second-order valence-corrected chi connectivity index (χ2v) is 11.0. The number of carbonyl (C=O) groups is 3. The number of fused-ring (bicyclic) bond motifs is 5. The van der Waals surface area contributed by atoms with Crippen LogP contribution in [0.1, 0.15) is 41.9 Å². The van der Waals surface area contributed by atoms with Crippen LogP contribution in [0.2, 0.25) is 0 Å². The number of ether oxygens (including phenoxy) is 2. The number of hydrogen-bond donors (Lipinski definition) is 3. The van der Waals surface area contributed by atoms with Gasteiger partial charge in [0.05, 0.1) is 11.0 Å². The molecule has 9 nitrogen and oxygen atoms in total. The van der Waals surface area contributed by atoms with Gasteiger partial charge in [-0.3, -0.25) is 0 Å². The SMILES string of the molecule is O=C(NCCCC[C@H](NC(=O)OCC1c2ccccc2-c2ccccc21)C(=O)O)OCc1c2ccccc2nc2ccccc12. The Morgan fingerprint density at radius 2 is 1.31 bits per heavy atom. The van der Waals surface area contributed by atoms with Crippen molar-refractivity contribution in [1.29, 1.82) is 0 Å². The predicted molar refractivity (Wildman–Crippen MR) is 171 cm³/mol. The molecule has 0 radical (unpaired) electrons. The molecule has 0 spiro atoms. The quantitative estimate of drug-likeness (QED) is 0.112. The van der Waals surface area contributed by atoms with Crippen LogP contribution < -0.4 is 10.6 Å². The van der Waals surface area contributed by atoms with E-state index in [1.807, 2.05) is 97.1 Å². The molecule has 1 atom stereocenters. The van der Waals surface area contributed by atoms with Crippen molar-refractivity contribution in [3.8, 4) is 11.1 Å². The number of pyridine rings is 1. The smallest absolute Gasteiger partial charge is 0.407 e. The van der Waals surface area contributed by atoms with Crippen LogP contribution in [0, 0.1) is 0 Å². The third-order valence-corrected chi connectivity index (χ3v) is 8.17. The number of alkyl carbamates (subject to hydrolysis) is 2. The summed E-state index contributed by atoms with van der Waals surface area (Å²) < 4.78 is 11.0. The highest BCUT2D eigenvalue weighted by Crippen LogP contribution is 2.44. The number of amides is 2. The molecule has 3 N–H and O–H groups in total. The van der Waals surface area contributed by atoms with Crippen LogP contribution in [0.4, 0.5) is 9.59 Å². The number of nitrogens with one attached hydrogen (secondary N) is 2. The van der Waals surface area contributed by atoms with Crippen molar-refractivity contribution in [1.82, 2.24) is 15.6 Å². The summed E-state index contributed by atoms with van der Waals surface area (Å²) in [7, 11) is 0. The van der Waals surface area contributed by atoms with E-state index in [4.69, 9.17) is 14.5 Å². The van der Waals surface area contributed by atoms with Gasteiger partial charge in [-0.15, -0.1) is 0 Å². The molecule has 1 aromatic heterocycles. The molecule has 228 valence electrons. The summed E-state index contributed by atoms with van der Waals surface area (Å²) in [5, 5.41) is 16.7. The molecule has 6 rings (SSSR count). The van der Waals surface area contributed by atoms with E-state index in [0.717, 1.165) is 49.6 Å². The van der Waals surface area contributed by atoms with Crippen LogP contribution in [0.5, 0.6) is 0 Å². The fourth-order valence-corrected chi connectivity index (χ4v) is 5.98. The van der Waals surface area contributed by atoms with Gasteiger partial charge in [-0.1, -0.05) is 84.9 Å². The second-order valence-electron chi connectivity index (χ2n) is 11.0. The van der Waals surface area contributed by atoms with Gasteiger partial charge in [0.25, 0.3) is 0 Å². The first-order valence-corrected chi connectivity index (χ1v) is 15.0. The Morgan fingerprint density at radius 1 is 0.733 bits per heavy atom. The van der Waals surface area contributed by atoms with E-state index in [1.54, 1.807) is 0 Å². The largest absolute Gasteiger partial charge is 0.480 e. The number of hydrogen-bond acceptors (Lipinski definition) is 6. The first kappa shape index (κ1) is 29.6. The molecule has 1 heterocycles. The zero-order chi connectivity index (χ0) is 31.2. The molecule has 0 saturated carbocycles. The lowest BCUT2D eigenvalue weighted by atomic mass is 9.98. The molecule has 0 aliphatic heterocycles. The number of rotatable bonds is 11. The fraction of sp³-hybridized carbons (Fsp3) is 0.222. The molecule has 0 bridgehead atoms. The minimum absolute atomic E-state index is 0.0839. The number of benzene rings is 4. The number of para-hydroxylation sites is 2. The normalized spacial score (nSPS) is 12.7. The molecule has 45 heavy (non-hydrogen) atoms. The molecule has 4 aromatic carbocycles. The first-order valence-electron chi connectivity index (χ1n) is 15.0. The number of carboxylic acids is 1. The van der Waals surface area contributed by atoms with Crippen molar-refractivity contribution >= 4 is 40.0 Å². The molecule has 0 unspecified atom stereocenters.